The van der Waals surface area contributed by atoms with Gasteiger partial charge in [0.15, 0.2) is 0 Å². The smallest absolute Gasteiger partial charge is 0.339 e. The van der Waals surface area contributed by atoms with Crippen LogP contribution in [0.25, 0.3) is 11.3 Å². The average Bonchev–Trinajstić information content (AvgIpc) is 3.17. The van der Waals surface area contributed by atoms with Gasteiger partial charge in [0.2, 0.25) is 0 Å². The number of carboxylic acids is 1. The highest BCUT2D eigenvalue weighted by atomic mass is 79.9. The minimum atomic E-state index is -1.03. The Labute approximate surface area is 129 Å². The Bertz CT molecular complexity index is 710. The first kappa shape index (κ1) is 14.3. The van der Waals surface area contributed by atoms with Crippen molar-refractivity contribution in [3.05, 3.63) is 40.2 Å². The molecule has 1 aliphatic rings. The molecule has 1 aromatic carbocycles. The molecular weight excluding hydrogens is 339 g/mol. The summed E-state index contributed by atoms with van der Waals surface area (Å²) in [6.45, 7) is 2.04. The molecule has 4 nitrogen and oxygen atoms in total. The fourth-order valence-corrected chi connectivity index (χ4v) is 2.97. The summed E-state index contributed by atoms with van der Waals surface area (Å²) in [6.07, 6.45) is 3.87. The van der Waals surface area contributed by atoms with Gasteiger partial charge in [0.1, 0.15) is 17.1 Å². The zero-order valence-corrected chi connectivity index (χ0v) is 13.0. The minimum Gasteiger partial charge on any atom is -0.478 e. The lowest BCUT2D eigenvalue weighted by Crippen LogP contribution is -2.07. The number of nitrogens with zero attached hydrogens (tertiary/aromatic N) is 2. The maximum Gasteiger partial charge on any atom is 0.339 e. The summed E-state index contributed by atoms with van der Waals surface area (Å²) in [6, 6.07) is 4.33. The molecule has 110 valence electrons. The van der Waals surface area contributed by atoms with E-state index in [0.717, 1.165) is 12.8 Å². The molecule has 21 heavy (non-hydrogen) atoms. The van der Waals surface area contributed by atoms with Crippen LogP contribution >= 0.6 is 15.9 Å². The summed E-state index contributed by atoms with van der Waals surface area (Å²) < 4.78 is 15.4. The van der Waals surface area contributed by atoms with Gasteiger partial charge in [0.05, 0.1) is 6.04 Å². The van der Waals surface area contributed by atoms with Gasteiger partial charge < -0.3 is 5.11 Å². The molecule has 0 spiro atoms. The van der Waals surface area contributed by atoms with Crippen molar-refractivity contribution < 1.29 is 14.3 Å². The van der Waals surface area contributed by atoms with Gasteiger partial charge in [0.25, 0.3) is 0 Å². The average molecular weight is 353 g/mol. The molecule has 1 aromatic heterocycles. The molecule has 2 aromatic rings. The van der Waals surface area contributed by atoms with E-state index in [9.17, 15) is 14.3 Å². The van der Waals surface area contributed by atoms with Crippen molar-refractivity contribution in [1.29, 1.82) is 0 Å². The zero-order valence-electron chi connectivity index (χ0n) is 11.4. The number of carbonyl (C=O) groups is 1. The largest absolute Gasteiger partial charge is 0.478 e. The Kier molecular flexibility index (Phi) is 3.57. The van der Waals surface area contributed by atoms with E-state index in [1.54, 1.807) is 16.9 Å². The normalized spacial score (nSPS) is 16.0. The van der Waals surface area contributed by atoms with Gasteiger partial charge in [-0.05, 0) is 59.8 Å². The van der Waals surface area contributed by atoms with Gasteiger partial charge in [-0.15, -0.1) is 0 Å². The van der Waals surface area contributed by atoms with Gasteiger partial charge in [-0.1, -0.05) is 0 Å². The number of hydrogen-bond donors (Lipinski definition) is 1. The summed E-state index contributed by atoms with van der Waals surface area (Å²) in [4.78, 5) is 11.5. The van der Waals surface area contributed by atoms with E-state index >= 15 is 0 Å². The molecular formula is C15H14BrFN2O2. The molecule has 1 fully saturated rings. The Morgan fingerprint density at radius 2 is 2.24 bits per heavy atom. The topological polar surface area (TPSA) is 55.1 Å². The fraction of sp³-hybridized carbons (Fsp3) is 0.333. The molecule has 1 aliphatic carbocycles. The first-order valence-corrected chi connectivity index (χ1v) is 7.54. The molecule has 1 heterocycles. The van der Waals surface area contributed by atoms with Crippen LogP contribution in [-0.4, -0.2) is 20.9 Å². The lowest BCUT2D eigenvalue weighted by molar-refractivity contribution is 0.0697. The van der Waals surface area contributed by atoms with Gasteiger partial charge in [-0.2, -0.15) is 5.10 Å². The third kappa shape index (κ3) is 2.72. The molecule has 1 unspecified atom stereocenters. The third-order valence-electron chi connectivity index (χ3n) is 3.87. The first-order chi connectivity index (χ1) is 9.97. The van der Waals surface area contributed by atoms with Crippen LogP contribution in [-0.2, 0) is 0 Å². The van der Waals surface area contributed by atoms with E-state index in [1.165, 1.54) is 12.1 Å². The molecule has 0 amide bonds. The predicted octanol–water partition coefficient (Wildman–Crippen LogP) is 4.12. The molecule has 1 saturated carbocycles. The first-order valence-electron chi connectivity index (χ1n) is 6.75. The van der Waals surface area contributed by atoms with Crippen molar-refractivity contribution in [2.45, 2.75) is 25.8 Å². The van der Waals surface area contributed by atoms with Crippen LogP contribution < -0.4 is 0 Å². The van der Waals surface area contributed by atoms with E-state index in [0.29, 0.717) is 21.6 Å². The molecule has 0 saturated heterocycles. The second kappa shape index (κ2) is 5.26. The molecule has 1 N–H and O–H groups in total. The monoisotopic (exact) mass is 352 g/mol. The minimum absolute atomic E-state index is 0.134. The van der Waals surface area contributed by atoms with Gasteiger partial charge in [0, 0.05) is 16.2 Å². The molecule has 0 bridgehead atoms. The van der Waals surface area contributed by atoms with E-state index in [2.05, 4.69) is 21.0 Å². The zero-order chi connectivity index (χ0) is 15.1. The summed E-state index contributed by atoms with van der Waals surface area (Å²) in [7, 11) is 0. The van der Waals surface area contributed by atoms with Crippen LogP contribution in [0, 0.1) is 11.7 Å². The Hall–Kier alpha value is -1.69. The van der Waals surface area contributed by atoms with Crippen molar-refractivity contribution in [1.82, 2.24) is 9.78 Å². The van der Waals surface area contributed by atoms with Crippen molar-refractivity contribution >= 4 is 21.9 Å². The van der Waals surface area contributed by atoms with E-state index < -0.39 is 5.97 Å². The highest BCUT2D eigenvalue weighted by Crippen LogP contribution is 2.40. The molecule has 3 rings (SSSR count). The number of aromatic nitrogens is 2. The van der Waals surface area contributed by atoms with E-state index in [1.807, 2.05) is 6.92 Å². The summed E-state index contributed by atoms with van der Waals surface area (Å²) in [5.41, 5.74) is 1.08. The summed E-state index contributed by atoms with van der Waals surface area (Å²) in [5.74, 6) is -0.847. The quantitative estimate of drug-likeness (QED) is 0.900. The van der Waals surface area contributed by atoms with Gasteiger partial charge >= 0.3 is 5.97 Å². The number of hydrogen-bond acceptors (Lipinski definition) is 2. The SMILES string of the molecule is CC(C1CC1)n1cc(C(=O)O)c(-c2ccc(F)cc2Br)n1. The van der Waals surface area contributed by atoms with Crippen LogP contribution in [0.15, 0.2) is 28.9 Å². The molecule has 1 atom stereocenters. The highest BCUT2D eigenvalue weighted by molar-refractivity contribution is 9.10. The molecule has 0 aliphatic heterocycles. The van der Waals surface area contributed by atoms with Crippen LogP contribution in [0.4, 0.5) is 4.39 Å². The maximum atomic E-state index is 13.2. The second-order valence-corrected chi connectivity index (χ2v) is 6.23. The Morgan fingerprint density at radius 3 is 2.81 bits per heavy atom. The van der Waals surface area contributed by atoms with Crippen LogP contribution in [0.1, 0.15) is 36.2 Å². The summed E-state index contributed by atoms with van der Waals surface area (Å²) >= 11 is 3.27. The van der Waals surface area contributed by atoms with Crippen LogP contribution in [0.3, 0.4) is 0 Å². The highest BCUT2D eigenvalue weighted by Gasteiger charge is 2.31. The predicted molar refractivity (Wildman–Crippen MR) is 79.7 cm³/mol. The number of benzene rings is 1. The number of aromatic carboxylic acids is 1. The Balaban J connectivity index is 2.09. The van der Waals surface area contributed by atoms with Crippen molar-refractivity contribution in [2.75, 3.05) is 0 Å². The number of rotatable bonds is 4. The second-order valence-electron chi connectivity index (χ2n) is 5.38. The number of halogens is 2. The Morgan fingerprint density at radius 1 is 1.52 bits per heavy atom. The third-order valence-corrected chi connectivity index (χ3v) is 4.53. The van der Waals surface area contributed by atoms with Gasteiger partial charge in [-0.25, -0.2) is 9.18 Å². The van der Waals surface area contributed by atoms with Crippen molar-refractivity contribution in [2.24, 2.45) is 5.92 Å². The lowest BCUT2D eigenvalue weighted by atomic mass is 10.1. The standard InChI is InChI=1S/C15H14BrFN2O2/c1-8(9-2-3-9)19-7-12(15(20)21)14(18-19)11-5-4-10(17)6-13(11)16/h4-9H,2-3H2,1H3,(H,20,21). The van der Waals surface area contributed by atoms with Gasteiger partial charge in [-0.3, -0.25) is 4.68 Å². The van der Waals surface area contributed by atoms with E-state index in [-0.39, 0.29) is 17.4 Å². The molecule has 0 radical (unpaired) electrons. The molecule has 6 heteroatoms. The lowest BCUT2D eigenvalue weighted by Gasteiger charge is -2.10. The van der Waals surface area contributed by atoms with Crippen molar-refractivity contribution in [3.63, 3.8) is 0 Å². The number of carboxylic acid groups (broad SMARTS) is 1. The van der Waals surface area contributed by atoms with E-state index in [4.69, 9.17) is 0 Å². The van der Waals surface area contributed by atoms with Crippen molar-refractivity contribution in [3.8, 4) is 11.3 Å². The summed E-state index contributed by atoms with van der Waals surface area (Å²) in [5, 5.41) is 13.8. The maximum absolute atomic E-state index is 13.2. The fourth-order valence-electron chi connectivity index (χ4n) is 2.43. The van der Waals surface area contributed by atoms with Crippen LogP contribution in [0.2, 0.25) is 0 Å². The van der Waals surface area contributed by atoms with Crippen LogP contribution in [0.5, 0.6) is 0 Å².